The van der Waals surface area contributed by atoms with Gasteiger partial charge in [0.25, 0.3) is 0 Å². The van der Waals surface area contributed by atoms with Crippen molar-refractivity contribution in [3.8, 4) is 0 Å². The standard InChI is InChI=1S/C12H22N4/c1-10-3-5-16(11(7-10)8-13)9-12-14-4-6-15(12)2/h4,6,10-11H,3,5,7-9,13H2,1-2H3. The molecule has 2 atom stereocenters. The molecule has 1 aromatic rings. The topological polar surface area (TPSA) is 47.1 Å². The molecule has 0 spiro atoms. The second kappa shape index (κ2) is 4.97. The van der Waals surface area contributed by atoms with Crippen molar-refractivity contribution in [2.75, 3.05) is 13.1 Å². The van der Waals surface area contributed by atoms with Gasteiger partial charge >= 0.3 is 0 Å². The molecule has 0 aliphatic carbocycles. The molecule has 1 aliphatic heterocycles. The van der Waals surface area contributed by atoms with Gasteiger partial charge in [-0.05, 0) is 25.3 Å². The summed E-state index contributed by atoms with van der Waals surface area (Å²) in [6, 6.07) is 0.528. The van der Waals surface area contributed by atoms with Crippen molar-refractivity contribution < 1.29 is 0 Å². The van der Waals surface area contributed by atoms with Gasteiger partial charge in [0.2, 0.25) is 0 Å². The number of aryl methyl sites for hydroxylation is 1. The minimum atomic E-state index is 0.528. The Hall–Kier alpha value is -0.870. The number of piperidine rings is 1. The summed E-state index contributed by atoms with van der Waals surface area (Å²) in [4.78, 5) is 6.85. The molecule has 2 unspecified atom stereocenters. The summed E-state index contributed by atoms with van der Waals surface area (Å²) in [5.41, 5.74) is 5.85. The average molecular weight is 222 g/mol. The van der Waals surface area contributed by atoms with Gasteiger partial charge < -0.3 is 10.3 Å². The second-order valence-electron chi connectivity index (χ2n) is 4.94. The summed E-state index contributed by atoms with van der Waals surface area (Å²) in [6.45, 7) is 5.16. The minimum absolute atomic E-state index is 0.528. The van der Waals surface area contributed by atoms with Crippen molar-refractivity contribution in [1.82, 2.24) is 14.5 Å². The fourth-order valence-electron chi connectivity index (χ4n) is 2.48. The number of likely N-dealkylation sites (tertiary alicyclic amines) is 1. The quantitative estimate of drug-likeness (QED) is 0.829. The molecule has 1 fully saturated rings. The average Bonchev–Trinajstić information content (AvgIpc) is 2.67. The maximum atomic E-state index is 5.85. The van der Waals surface area contributed by atoms with Crippen molar-refractivity contribution in [2.45, 2.75) is 32.4 Å². The molecule has 0 radical (unpaired) electrons. The van der Waals surface area contributed by atoms with Crippen molar-refractivity contribution >= 4 is 0 Å². The van der Waals surface area contributed by atoms with Crippen LogP contribution in [0.15, 0.2) is 12.4 Å². The van der Waals surface area contributed by atoms with Crippen LogP contribution in [0.3, 0.4) is 0 Å². The fraction of sp³-hybridized carbons (Fsp3) is 0.750. The Kier molecular flexibility index (Phi) is 3.61. The lowest BCUT2D eigenvalue weighted by Crippen LogP contribution is -2.46. The van der Waals surface area contributed by atoms with E-state index in [0.29, 0.717) is 6.04 Å². The van der Waals surface area contributed by atoms with E-state index in [1.165, 1.54) is 12.8 Å². The molecule has 1 saturated heterocycles. The van der Waals surface area contributed by atoms with Crippen LogP contribution in [0.4, 0.5) is 0 Å². The molecule has 2 N–H and O–H groups in total. The maximum Gasteiger partial charge on any atom is 0.122 e. The van der Waals surface area contributed by atoms with Crippen molar-refractivity contribution in [3.63, 3.8) is 0 Å². The van der Waals surface area contributed by atoms with E-state index in [2.05, 4.69) is 21.4 Å². The normalized spacial score (nSPS) is 27.2. The molecular formula is C12H22N4. The van der Waals surface area contributed by atoms with Crippen LogP contribution in [0.1, 0.15) is 25.6 Å². The van der Waals surface area contributed by atoms with Gasteiger partial charge in [0.15, 0.2) is 0 Å². The lowest BCUT2D eigenvalue weighted by molar-refractivity contribution is 0.111. The highest BCUT2D eigenvalue weighted by Crippen LogP contribution is 2.23. The van der Waals surface area contributed by atoms with E-state index in [4.69, 9.17) is 5.73 Å². The van der Waals surface area contributed by atoms with Crippen LogP contribution in [0.2, 0.25) is 0 Å². The lowest BCUT2D eigenvalue weighted by Gasteiger charge is -2.37. The first-order valence-electron chi connectivity index (χ1n) is 6.11. The second-order valence-corrected chi connectivity index (χ2v) is 4.94. The van der Waals surface area contributed by atoms with Gasteiger partial charge in [0, 0.05) is 32.0 Å². The summed E-state index contributed by atoms with van der Waals surface area (Å²) in [7, 11) is 2.05. The predicted molar refractivity (Wildman–Crippen MR) is 64.9 cm³/mol. The Bertz CT molecular complexity index is 334. The molecule has 0 aromatic carbocycles. The summed E-state index contributed by atoms with van der Waals surface area (Å²) in [6.07, 6.45) is 6.36. The Balaban J connectivity index is 2.01. The Morgan fingerprint density at radius 3 is 3.00 bits per heavy atom. The first-order valence-corrected chi connectivity index (χ1v) is 6.11. The highest BCUT2D eigenvalue weighted by molar-refractivity contribution is 4.93. The van der Waals surface area contributed by atoms with Gasteiger partial charge in [0.05, 0.1) is 6.54 Å². The Labute approximate surface area is 97.4 Å². The summed E-state index contributed by atoms with van der Waals surface area (Å²) >= 11 is 0. The number of aromatic nitrogens is 2. The third-order valence-electron chi connectivity index (χ3n) is 3.64. The Morgan fingerprint density at radius 2 is 2.38 bits per heavy atom. The fourth-order valence-corrected chi connectivity index (χ4v) is 2.48. The zero-order valence-corrected chi connectivity index (χ0v) is 10.3. The molecule has 1 aliphatic rings. The van der Waals surface area contributed by atoms with Gasteiger partial charge in [0.1, 0.15) is 5.82 Å². The Morgan fingerprint density at radius 1 is 1.56 bits per heavy atom. The zero-order chi connectivity index (χ0) is 11.5. The van der Waals surface area contributed by atoms with Crippen LogP contribution in [0, 0.1) is 5.92 Å². The van der Waals surface area contributed by atoms with Gasteiger partial charge in [-0.25, -0.2) is 4.98 Å². The van der Waals surface area contributed by atoms with Crippen LogP contribution >= 0.6 is 0 Å². The molecule has 16 heavy (non-hydrogen) atoms. The first-order chi connectivity index (χ1) is 7.70. The van der Waals surface area contributed by atoms with Crippen LogP contribution in [0.25, 0.3) is 0 Å². The number of nitrogens with zero attached hydrogens (tertiary/aromatic N) is 3. The van der Waals surface area contributed by atoms with Crippen molar-refractivity contribution in [3.05, 3.63) is 18.2 Å². The summed E-state index contributed by atoms with van der Waals surface area (Å²) in [5.74, 6) is 1.94. The zero-order valence-electron chi connectivity index (χ0n) is 10.3. The van der Waals surface area contributed by atoms with Gasteiger partial charge in [-0.15, -0.1) is 0 Å². The number of nitrogens with two attached hydrogens (primary N) is 1. The van der Waals surface area contributed by atoms with Crippen LogP contribution in [-0.2, 0) is 13.6 Å². The van der Waals surface area contributed by atoms with E-state index in [1.54, 1.807) is 0 Å². The third kappa shape index (κ3) is 2.44. The smallest absolute Gasteiger partial charge is 0.122 e. The van der Waals surface area contributed by atoms with Crippen LogP contribution in [0.5, 0.6) is 0 Å². The highest BCUT2D eigenvalue weighted by Gasteiger charge is 2.25. The van der Waals surface area contributed by atoms with Crippen LogP contribution in [-0.4, -0.2) is 33.6 Å². The molecule has 0 amide bonds. The molecule has 2 rings (SSSR count). The van der Waals surface area contributed by atoms with E-state index in [1.807, 2.05) is 19.4 Å². The number of imidazole rings is 1. The predicted octanol–water partition coefficient (Wildman–Crippen LogP) is 0.979. The maximum absolute atomic E-state index is 5.85. The summed E-state index contributed by atoms with van der Waals surface area (Å²) < 4.78 is 2.09. The molecule has 2 heterocycles. The number of rotatable bonds is 3. The van der Waals surface area contributed by atoms with Gasteiger partial charge in [-0.3, -0.25) is 4.90 Å². The van der Waals surface area contributed by atoms with E-state index in [-0.39, 0.29) is 0 Å². The van der Waals surface area contributed by atoms with E-state index >= 15 is 0 Å². The van der Waals surface area contributed by atoms with E-state index < -0.39 is 0 Å². The van der Waals surface area contributed by atoms with E-state index in [0.717, 1.165) is 31.4 Å². The number of hydrogen-bond donors (Lipinski definition) is 1. The molecule has 4 heteroatoms. The molecule has 90 valence electrons. The van der Waals surface area contributed by atoms with Crippen molar-refractivity contribution in [1.29, 1.82) is 0 Å². The summed E-state index contributed by atoms with van der Waals surface area (Å²) in [5, 5.41) is 0. The third-order valence-corrected chi connectivity index (χ3v) is 3.64. The SMILES string of the molecule is CC1CCN(Cc2nccn2C)C(CN)C1. The van der Waals surface area contributed by atoms with E-state index in [9.17, 15) is 0 Å². The van der Waals surface area contributed by atoms with Crippen LogP contribution < -0.4 is 5.73 Å². The molecule has 1 aromatic heterocycles. The molecule has 0 saturated carbocycles. The highest BCUT2D eigenvalue weighted by atomic mass is 15.2. The monoisotopic (exact) mass is 222 g/mol. The number of hydrogen-bond acceptors (Lipinski definition) is 3. The lowest BCUT2D eigenvalue weighted by atomic mass is 9.92. The van der Waals surface area contributed by atoms with Gasteiger partial charge in [-0.1, -0.05) is 6.92 Å². The largest absolute Gasteiger partial charge is 0.337 e. The van der Waals surface area contributed by atoms with Crippen molar-refractivity contribution in [2.24, 2.45) is 18.7 Å². The van der Waals surface area contributed by atoms with Gasteiger partial charge in [-0.2, -0.15) is 0 Å². The molecular weight excluding hydrogens is 200 g/mol. The molecule has 0 bridgehead atoms. The first kappa shape index (κ1) is 11.6. The molecule has 4 nitrogen and oxygen atoms in total. The minimum Gasteiger partial charge on any atom is -0.337 e.